The van der Waals surface area contributed by atoms with Gasteiger partial charge in [0.1, 0.15) is 16.7 Å². The van der Waals surface area contributed by atoms with Crippen LogP contribution in [0.3, 0.4) is 0 Å². The van der Waals surface area contributed by atoms with Gasteiger partial charge in [-0.1, -0.05) is 12.1 Å². The molecule has 0 fully saturated rings. The van der Waals surface area contributed by atoms with E-state index in [9.17, 15) is 4.79 Å². The van der Waals surface area contributed by atoms with E-state index in [0.29, 0.717) is 11.5 Å². The number of hydrogen-bond acceptors (Lipinski definition) is 4. The van der Waals surface area contributed by atoms with Gasteiger partial charge in [0.2, 0.25) is 5.91 Å². The maximum atomic E-state index is 12.8. The fourth-order valence-electron chi connectivity index (χ4n) is 2.55. The van der Waals surface area contributed by atoms with Gasteiger partial charge in [-0.2, -0.15) is 0 Å². The normalized spacial score (nSPS) is 17.1. The Kier molecular flexibility index (Phi) is 3.98. The van der Waals surface area contributed by atoms with E-state index in [1.807, 2.05) is 42.5 Å². The second-order valence-corrected chi connectivity index (χ2v) is 6.12. The van der Waals surface area contributed by atoms with E-state index in [1.165, 1.54) is 0 Å². The molecule has 3 rings (SSSR count). The summed E-state index contributed by atoms with van der Waals surface area (Å²) in [6, 6.07) is 13.4. The smallest absolute Gasteiger partial charge is 0.244 e. The minimum absolute atomic E-state index is 0.0373. The average Bonchev–Trinajstić information content (AvgIpc) is 2.57. The van der Waals surface area contributed by atoms with Crippen molar-refractivity contribution in [3.05, 3.63) is 48.0 Å². The van der Waals surface area contributed by atoms with Gasteiger partial charge in [-0.3, -0.25) is 4.79 Å². The summed E-state index contributed by atoms with van der Waals surface area (Å²) in [6.45, 7) is 0. The van der Waals surface area contributed by atoms with E-state index in [1.54, 1.807) is 37.9 Å². The van der Waals surface area contributed by atoms with Crippen LogP contribution >= 0.6 is 11.8 Å². The molecule has 1 amide bonds. The summed E-state index contributed by atoms with van der Waals surface area (Å²) in [5.41, 5.74) is 1.77. The first-order chi connectivity index (χ1) is 10.7. The molecule has 22 heavy (non-hydrogen) atoms. The highest BCUT2D eigenvalue weighted by Gasteiger charge is 2.34. The van der Waals surface area contributed by atoms with Gasteiger partial charge in [0, 0.05) is 17.5 Å². The molecule has 5 heteroatoms. The molecule has 0 bridgehead atoms. The second kappa shape index (κ2) is 5.93. The van der Waals surface area contributed by atoms with Crippen molar-refractivity contribution < 1.29 is 14.3 Å². The summed E-state index contributed by atoms with van der Waals surface area (Å²) < 4.78 is 10.7. The molecule has 0 saturated heterocycles. The van der Waals surface area contributed by atoms with Gasteiger partial charge in [-0.25, -0.2) is 0 Å². The van der Waals surface area contributed by atoms with Crippen LogP contribution in [0, 0.1) is 0 Å². The van der Waals surface area contributed by atoms with Crippen molar-refractivity contribution in [3.8, 4) is 11.5 Å². The lowest BCUT2D eigenvalue weighted by Crippen LogP contribution is -2.33. The Morgan fingerprint density at radius 1 is 1.09 bits per heavy atom. The van der Waals surface area contributed by atoms with Crippen LogP contribution in [-0.4, -0.2) is 27.2 Å². The number of rotatable bonds is 3. The Balaban J connectivity index is 2.08. The number of hydrogen-bond donors (Lipinski definition) is 0. The van der Waals surface area contributed by atoms with Crippen LogP contribution in [0.15, 0.2) is 47.4 Å². The minimum Gasteiger partial charge on any atom is -0.497 e. The van der Waals surface area contributed by atoms with Crippen LogP contribution in [0.25, 0.3) is 0 Å². The van der Waals surface area contributed by atoms with Crippen molar-refractivity contribution >= 4 is 23.4 Å². The highest BCUT2D eigenvalue weighted by molar-refractivity contribution is 8.00. The highest BCUT2D eigenvalue weighted by atomic mass is 32.2. The number of fused-ring (bicyclic) bond motifs is 1. The number of likely N-dealkylation sites (N-methyl/N-ethyl adjacent to an activating group) is 1. The lowest BCUT2D eigenvalue weighted by Gasteiger charge is -2.31. The van der Waals surface area contributed by atoms with Gasteiger partial charge < -0.3 is 14.4 Å². The first kappa shape index (κ1) is 14.8. The number of ether oxygens (including phenoxy) is 2. The lowest BCUT2D eigenvalue weighted by molar-refractivity contribution is -0.118. The maximum Gasteiger partial charge on any atom is 0.244 e. The van der Waals surface area contributed by atoms with Gasteiger partial charge in [0.15, 0.2) is 0 Å². The number of anilines is 1. The number of carbonyl (C=O) groups excluding carboxylic acids is 1. The van der Waals surface area contributed by atoms with Crippen LogP contribution in [0.2, 0.25) is 0 Å². The van der Waals surface area contributed by atoms with Gasteiger partial charge >= 0.3 is 0 Å². The Hall–Kier alpha value is -2.14. The molecule has 1 unspecified atom stereocenters. The van der Waals surface area contributed by atoms with Crippen molar-refractivity contribution in [2.24, 2.45) is 0 Å². The van der Waals surface area contributed by atoms with E-state index in [2.05, 4.69) is 0 Å². The van der Waals surface area contributed by atoms with Gasteiger partial charge in [0.05, 0.1) is 19.9 Å². The molecule has 1 atom stereocenters. The third kappa shape index (κ3) is 2.41. The van der Waals surface area contributed by atoms with Crippen molar-refractivity contribution in [1.82, 2.24) is 0 Å². The highest BCUT2D eigenvalue weighted by Crippen LogP contribution is 2.48. The molecule has 0 N–H and O–H groups in total. The molecular weight excluding hydrogens is 298 g/mol. The van der Waals surface area contributed by atoms with Gasteiger partial charge in [0.25, 0.3) is 0 Å². The number of carbonyl (C=O) groups is 1. The molecule has 0 aromatic heterocycles. The molecule has 4 nitrogen and oxygen atoms in total. The lowest BCUT2D eigenvalue weighted by atomic mass is 10.1. The molecule has 2 aromatic carbocycles. The molecule has 1 heterocycles. The molecule has 0 spiro atoms. The SMILES string of the molecule is COc1ccc(OC)c(C2Sc3ccccc3N(C)C2=O)c1. The molecule has 2 aromatic rings. The molecule has 114 valence electrons. The largest absolute Gasteiger partial charge is 0.497 e. The summed E-state index contributed by atoms with van der Waals surface area (Å²) in [6.07, 6.45) is 0. The number of amides is 1. The minimum atomic E-state index is -0.343. The molecule has 1 aliphatic rings. The summed E-state index contributed by atoms with van der Waals surface area (Å²) in [7, 11) is 5.03. The number of para-hydroxylation sites is 1. The second-order valence-electron chi connectivity index (χ2n) is 4.97. The van der Waals surface area contributed by atoms with Crippen LogP contribution in [-0.2, 0) is 4.79 Å². The van der Waals surface area contributed by atoms with Crippen molar-refractivity contribution in [3.63, 3.8) is 0 Å². The zero-order valence-electron chi connectivity index (χ0n) is 12.7. The van der Waals surface area contributed by atoms with Crippen LogP contribution < -0.4 is 14.4 Å². The third-order valence-corrected chi connectivity index (χ3v) is 5.04. The first-order valence-electron chi connectivity index (χ1n) is 6.91. The number of methoxy groups -OCH3 is 2. The van der Waals surface area contributed by atoms with Gasteiger partial charge in [-0.05, 0) is 30.3 Å². The maximum absolute atomic E-state index is 12.8. The summed E-state index contributed by atoms with van der Waals surface area (Å²) in [4.78, 5) is 15.6. The number of thioether (sulfide) groups is 1. The van der Waals surface area contributed by atoms with Gasteiger partial charge in [-0.15, -0.1) is 11.8 Å². The average molecular weight is 315 g/mol. The van der Waals surface area contributed by atoms with Crippen LogP contribution in [0.1, 0.15) is 10.8 Å². The summed E-state index contributed by atoms with van der Waals surface area (Å²) in [5.74, 6) is 1.44. The zero-order valence-corrected chi connectivity index (χ0v) is 13.5. The topological polar surface area (TPSA) is 38.8 Å². The Bertz CT molecular complexity index is 717. The fourth-order valence-corrected chi connectivity index (χ4v) is 3.85. The molecule has 1 aliphatic heterocycles. The van der Waals surface area contributed by atoms with Crippen molar-refractivity contribution in [1.29, 1.82) is 0 Å². The third-order valence-electron chi connectivity index (χ3n) is 3.75. The Morgan fingerprint density at radius 2 is 1.86 bits per heavy atom. The summed E-state index contributed by atoms with van der Waals surface area (Å²) in [5, 5.41) is -0.343. The van der Waals surface area contributed by atoms with E-state index in [0.717, 1.165) is 16.1 Å². The van der Waals surface area contributed by atoms with E-state index >= 15 is 0 Å². The van der Waals surface area contributed by atoms with Crippen LogP contribution in [0.4, 0.5) is 5.69 Å². The predicted octanol–water partition coefficient (Wildman–Crippen LogP) is 3.51. The monoisotopic (exact) mass is 315 g/mol. The van der Waals surface area contributed by atoms with E-state index in [4.69, 9.17) is 9.47 Å². The molecular formula is C17H17NO3S. The number of benzene rings is 2. The number of nitrogens with zero attached hydrogens (tertiary/aromatic N) is 1. The molecule has 0 aliphatic carbocycles. The summed E-state index contributed by atoms with van der Waals surface area (Å²) >= 11 is 1.54. The quantitative estimate of drug-likeness (QED) is 0.869. The molecule has 0 saturated carbocycles. The molecule has 0 radical (unpaired) electrons. The zero-order chi connectivity index (χ0) is 15.7. The Labute approximate surface area is 134 Å². The van der Waals surface area contributed by atoms with Crippen LogP contribution in [0.5, 0.6) is 11.5 Å². The fraction of sp³-hybridized carbons (Fsp3) is 0.235. The predicted molar refractivity (Wildman–Crippen MR) is 88.0 cm³/mol. The van der Waals surface area contributed by atoms with Crippen molar-refractivity contribution in [2.45, 2.75) is 10.1 Å². The first-order valence-corrected chi connectivity index (χ1v) is 7.79. The standard InChI is InChI=1S/C17H17NO3S/c1-18-13-6-4-5-7-15(13)22-16(17(18)19)12-10-11(20-2)8-9-14(12)21-3/h4-10,16H,1-3H3. The Morgan fingerprint density at radius 3 is 2.59 bits per heavy atom. The van der Waals surface area contributed by atoms with E-state index < -0.39 is 0 Å². The van der Waals surface area contributed by atoms with Crippen molar-refractivity contribution in [2.75, 3.05) is 26.2 Å². The van der Waals surface area contributed by atoms with E-state index in [-0.39, 0.29) is 11.2 Å².